The summed E-state index contributed by atoms with van der Waals surface area (Å²) in [6.07, 6.45) is 3.36. The fourth-order valence-electron chi connectivity index (χ4n) is 1.77. The molecule has 0 aliphatic carbocycles. The van der Waals surface area contributed by atoms with Crippen LogP contribution in [0.1, 0.15) is 5.56 Å². The van der Waals surface area contributed by atoms with Crippen LogP contribution in [0.4, 0.5) is 0 Å². The Kier molecular flexibility index (Phi) is 2.76. The summed E-state index contributed by atoms with van der Waals surface area (Å²) in [5.41, 5.74) is 2.99. The molecule has 5 heteroatoms. The lowest BCUT2D eigenvalue weighted by Gasteiger charge is -2.04. The molecule has 0 aliphatic rings. The van der Waals surface area contributed by atoms with Crippen LogP contribution in [0.2, 0.25) is 0 Å². The fraction of sp³-hybridized carbons (Fsp3) is 0.0833. The third-order valence-electron chi connectivity index (χ3n) is 2.56. The summed E-state index contributed by atoms with van der Waals surface area (Å²) in [5, 5.41) is 0. The SMILES string of the molecule is Ic1ncnc2ncn(Cc3ccccc3)c12. The predicted molar refractivity (Wildman–Crippen MR) is 73.6 cm³/mol. The van der Waals surface area contributed by atoms with Crippen molar-refractivity contribution in [2.24, 2.45) is 0 Å². The van der Waals surface area contributed by atoms with Gasteiger partial charge in [0, 0.05) is 6.54 Å². The Hall–Kier alpha value is -1.50. The summed E-state index contributed by atoms with van der Waals surface area (Å²) >= 11 is 2.21. The number of imidazole rings is 1. The van der Waals surface area contributed by atoms with E-state index in [2.05, 4.69) is 54.2 Å². The van der Waals surface area contributed by atoms with Gasteiger partial charge in [-0.3, -0.25) is 0 Å². The first kappa shape index (κ1) is 10.6. The van der Waals surface area contributed by atoms with Crippen molar-refractivity contribution in [3.63, 3.8) is 0 Å². The zero-order valence-electron chi connectivity index (χ0n) is 8.92. The standard InChI is InChI=1S/C12H9IN4/c13-11-10-12(15-7-14-11)16-8-17(10)6-9-4-2-1-3-5-9/h1-5,7-8H,6H2. The van der Waals surface area contributed by atoms with E-state index in [1.807, 2.05) is 24.5 Å². The van der Waals surface area contributed by atoms with Crippen LogP contribution in [0.25, 0.3) is 11.2 Å². The van der Waals surface area contributed by atoms with Gasteiger partial charge in [-0.05, 0) is 28.2 Å². The Morgan fingerprint density at radius 3 is 2.71 bits per heavy atom. The molecule has 0 saturated carbocycles. The zero-order valence-corrected chi connectivity index (χ0v) is 11.1. The smallest absolute Gasteiger partial charge is 0.181 e. The highest BCUT2D eigenvalue weighted by Gasteiger charge is 2.08. The number of hydrogen-bond acceptors (Lipinski definition) is 3. The maximum absolute atomic E-state index is 4.28. The summed E-state index contributed by atoms with van der Waals surface area (Å²) in [6.45, 7) is 0.792. The Balaban J connectivity index is 2.07. The van der Waals surface area contributed by atoms with Crippen LogP contribution in [-0.2, 0) is 6.54 Å². The van der Waals surface area contributed by atoms with Gasteiger partial charge in [-0.15, -0.1) is 0 Å². The molecule has 0 amide bonds. The van der Waals surface area contributed by atoms with E-state index in [1.54, 1.807) is 6.33 Å². The highest BCUT2D eigenvalue weighted by Crippen LogP contribution is 2.16. The first-order chi connectivity index (χ1) is 8.34. The van der Waals surface area contributed by atoms with Crippen LogP contribution in [0, 0.1) is 3.70 Å². The van der Waals surface area contributed by atoms with Crippen LogP contribution >= 0.6 is 22.6 Å². The van der Waals surface area contributed by atoms with Gasteiger partial charge in [-0.2, -0.15) is 0 Å². The number of hydrogen-bond donors (Lipinski definition) is 0. The second-order valence-electron chi connectivity index (χ2n) is 3.69. The lowest BCUT2D eigenvalue weighted by Crippen LogP contribution is -2.00. The summed E-state index contributed by atoms with van der Waals surface area (Å²) in [5.74, 6) is 0. The largest absolute Gasteiger partial charge is 0.323 e. The van der Waals surface area contributed by atoms with E-state index in [9.17, 15) is 0 Å². The quantitative estimate of drug-likeness (QED) is 0.533. The third-order valence-corrected chi connectivity index (χ3v) is 3.35. The van der Waals surface area contributed by atoms with Gasteiger partial charge in [-0.25, -0.2) is 15.0 Å². The van der Waals surface area contributed by atoms with E-state index in [4.69, 9.17) is 0 Å². The number of benzene rings is 1. The first-order valence-electron chi connectivity index (χ1n) is 5.20. The van der Waals surface area contributed by atoms with Gasteiger partial charge in [0.15, 0.2) is 5.65 Å². The van der Waals surface area contributed by atoms with Crippen molar-refractivity contribution in [1.29, 1.82) is 0 Å². The molecule has 84 valence electrons. The summed E-state index contributed by atoms with van der Waals surface area (Å²) < 4.78 is 3.01. The average Bonchev–Trinajstić information content (AvgIpc) is 2.75. The zero-order chi connectivity index (χ0) is 11.7. The average molecular weight is 336 g/mol. The molecule has 0 fully saturated rings. The van der Waals surface area contributed by atoms with Gasteiger partial charge in [-0.1, -0.05) is 30.3 Å². The molecule has 4 nitrogen and oxygen atoms in total. The van der Waals surface area contributed by atoms with E-state index in [0.29, 0.717) is 0 Å². The van der Waals surface area contributed by atoms with Crippen LogP contribution in [0.5, 0.6) is 0 Å². The number of halogens is 1. The van der Waals surface area contributed by atoms with Gasteiger partial charge in [0.25, 0.3) is 0 Å². The molecule has 0 bridgehead atoms. The molecule has 0 aliphatic heterocycles. The van der Waals surface area contributed by atoms with E-state index >= 15 is 0 Å². The van der Waals surface area contributed by atoms with Crippen molar-refractivity contribution in [1.82, 2.24) is 19.5 Å². The number of nitrogens with zero attached hydrogens (tertiary/aromatic N) is 4. The van der Waals surface area contributed by atoms with Crippen LogP contribution in [0.3, 0.4) is 0 Å². The molecule has 0 atom stereocenters. The monoisotopic (exact) mass is 336 g/mol. The fourth-order valence-corrected chi connectivity index (χ4v) is 2.45. The van der Waals surface area contributed by atoms with E-state index in [-0.39, 0.29) is 0 Å². The molecular weight excluding hydrogens is 327 g/mol. The number of rotatable bonds is 2. The van der Waals surface area contributed by atoms with E-state index < -0.39 is 0 Å². The second-order valence-corrected chi connectivity index (χ2v) is 4.72. The maximum atomic E-state index is 4.28. The van der Waals surface area contributed by atoms with Crippen molar-refractivity contribution in [2.75, 3.05) is 0 Å². The molecule has 0 N–H and O–H groups in total. The molecule has 3 aromatic rings. The van der Waals surface area contributed by atoms with Gasteiger partial charge in [0.05, 0.1) is 6.33 Å². The molecule has 2 heterocycles. The summed E-state index contributed by atoms with van der Waals surface area (Å²) in [6, 6.07) is 10.3. The minimum absolute atomic E-state index is 0.750. The third kappa shape index (κ3) is 2.02. The van der Waals surface area contributed by atoms with Crippen LogP contribution < -0.4 is 0 Å². The predicted octanol–water partition coefficient (Wildman–Crippen LogP) is 2.48. The molecule has 1 aromatic carbocycles. The second kappa shape index (κ2) is 4.40. The Morgan fingerprint density at radius 2 is 1.88 bits per heavy atom. The van der Waals surface area contributed by atoms with E-state index in [1.165, 1.54) is 5.56 Å². The van der Waals surface area contributed by atoms with Crippen molar-refractivity contribution < 1.29 is 0 Å². The maximum Gasteiger partial charge on any atom is 0.181 e. The number of aromatic nitrogens is 4. The molecule has 2 aromatic heterocycles. The normalized spacial score (nSPS) is 10.9. The molecule has 3 rings (SSSR count). The number of fused-ring (bicyclic) bond motifs is 1. The van der Waals surface area contributed by atoms with Crippen molar-refractivity contribution in [3.05, 3.63) is 52.3 Å². The Morgan fingerprint density at radius 1 is 1.06 bits per heavy atom. The van der Waals surface area contributed by atoms with Crippen molar-refractivity contribution in [3.8, 4) is 0 Å². The molecule has 0 saturated heterocycles. The molecular formula is C12H9IN4. The summed E-state index contributed by atoms with van der Waals surface area (Å²) in [7, 11) is 0. The molecule has 0 unspecified atom stereocenters. The lowest BCUT2D eigenvalue weighted by molar-refractivity contribution is 0.820. The van der Waals surface area contributed by atoms with E-state index in [0.717, 1.165) is 21.4 Å². The van der Waals surface area contributed by atoms with Gasteiger partial charge in [0.1, 0.15) is 15.5 Å². The van der Waals surface area contributed by atoms with Crippen LogP contribution in [-0.4, -0.2) is 19.5 Å². The Bertz CT molecular complexity index is 648. The van der Waals surface area contributed by atoms with Gasteiger partial charge < -0.3 is 4.57 Å². The minimum Gasteiger partial charge on any atom is -0.323 e. The highest BCUT2D eigenvalue weighted by molar-refractivity contribution is 14.1. The van der Waals surface area contributed by atoms with Crippen molar-refractivity contribution in [2.45, 2.75) is 6.54 Å². The van der Waals surface area contributed by atoms with Gasteiger partial charge >= 0.3 is 0 Å². The topological polar surface area (TPSA) is 43.6 Å². The molecule has 0 spiro atoms. The lowest BCUT2D eigenvalue weighted by atomic mass is 10.2. The minimum atomic E-state index is 0.750. The molecule has 0 radical (unpaired) electrons. The molecule has 17 heavy (non-hydrogen) atoms. The Labute approximate surface area is 112 Å². The first-order valence-corrected chi connectivity index (χ1v) is 6.28. The summed E-state index contributed by atoms with van der Waals surface area (Å²) in [4.78, 5) is 12.6. The highest BCUT2D eigenvalue weighted by atomic mass is 127. The van der Waals surface area contributed by atoms with Crippen molar-refractivity contribution >= 4 is 33.8 Å². The van der Waals surface area contributed by atoms with Crippen LogP contribution in [0.15, 0.2) is 43.0 Å². The van der Waals surface area contributed by atoms with Gasteiger partial charge in [0.2, 0.25) is 0 Å².